The van der Waals surface area contributed by atoms with Crippen LogP contribution in [0, 0.1) is 0 Å². The van der Waals surface area contributed by atoms with Crippen LogP contribution in [0.5, 0.6) is 0 Å². The van der Waals surface area contributed by atoms with Gasteiger partial charge in [-0.1, -0.05) is 69.4 Å². The van der Waals surface area contributed by atoms with Gasteiger partial charge in [0, 0.05) is 6.42 Å². The number of unbranched alkanes of at least 4 members (excludes halogenated alkanes) is 5. The number of hydrogen-bond acceptors (Lipinski definition) is 2. The zero-order chi connectivity index (χ0) is 13.8. The Bertz CT molecular complexity index is 338. The van der Waals surface area contributed by atoms with Crippen molar-refractivity contribution >= 4 is 5.91 Å². The van der Waals surface area contributed by atoms with Crippen LogP contribution >= 0.6 is 0 Å². The summed E-state index contributed by atoms with van der Waals surface area (Å²) in [4.78, 5) is 16.7. The van der Waals surface area contributed by atoms with E-state index in [9.17, 15) is 4.79 Å². The Morgan fingerprint density at radius 1 is 1.05 bits per heavy atom. The molecule has 0 aromatic heterocycles. The van der Waals surface area contributed by atoms with Crippen LogP contribution in [0.15, 0.2) is 30.3 Å². The topological polar surface area (TPSA) is 38.3 Å². The Kier molecular flexibility index (Phi) is 8.73. The molecule has 3 nitrogen and oxygen atoms in total. The van der Waals surface area contributed by atoms with Gasteiger partial charge in [-0.2, -0.15) is 0 Å². The van der Waals surface area contributed by atoms with E-state index >= 15 is 0 Å². The maximum atomic E-state index is 11.5. The molecule has 0 saturated heterocycles. The summed E-state index contributed by atoms with van der Waals surface area (Å²) in [6.45, 7) is 2.63. The van der Waals surface area contributed by atoms with E-state index in [0.717, 1.165) is 18.4 Å². The Labute approximate surface area is 116 Å². The minimum Gasteiger partial charge on any atom is -0.273 e. The second kappa shape index (κ2) is 10.6. The molecule has 3 heteroatoms. The van der Waals surface area contributed by atoms with Crippen molar-refractivity contribution in [3.8, 4) is 0 Å². The molecule has 0 fully saturated rings. The summed E-state index contributed by atoms with van der Waals surface area (Å²) in [5.74, 6) is -0.0218. The van der Waals surface area contributed by atoms with Crippen molar-refractivity contribution in [3.63, 3.8) is 0 Å². The molecule has 0 bridgehead atoms. The van der Waals surface area contributed by atoms with Crippen molar-refractivity contribution in [1.29, 1.82) is 0 Å². The van der Waals surface area contributed by atoms with E-state index in [1.807, 2.05) is 30.3 Å². The third-order valence-electron chi connectivity index (χ3n) is 3.03. The standard InChI is InChI=1S/C16H25NO2/c1-2-3-4-5-6-10-13-16(18)17-19-14-15-11-8-7-9-12-15/h7-9,11-12H,2-6,10,13-14H2,1H3,(H,17,18). The zero-order valence-electron chi connectivity index (χ0n) is 11.9. The lowest BCUT2D eigenvalue weighted by Crippen LogP contribution is -2.23. The SMILES string of the molecule is CCCCCCCCC(=O)NOCc1ccccc1. The number of carbonyl (C=O) groups excluding carboxylic acids is 1. The van der Waals surface area contributed by atoms with Gasteiger partial charge in [0.05, 0.1) is 6.61 Å². The Morgan fingerprint density at radius 3 is 2.47 bits per heavy atom. The lowest BCUT2D eigenvalue weighted by molar-refractivity contribution is -0.134. The highest BCUT2D eigenvalue weighted by atomic mass is 16.6. The molecule has 1 aromatic rings. The second-order valence-electron chi connectivity index (χ2n) is 4.82. The number of hydrogen-bond donors (Lipinski definition) is 1. The number of rotatable bonds is 10. The summed E-state index contributed by atoms with van der Waals surface area (Å²) < 4.78 is 0. The fraction of sp³-hybridized carbons (Fsp3) is 0.562. The maximum absolute atomic E-state index is 11.5. The molecule has 1 N–H and O–H groups in total. The van der Waals surface area contributed by atoms with Crippen LogP contribution in [0.4, 0.5) is 0 Å². The predicted octanol–water partition coefficient (Wildman–Crippen LogP) is 3.99. The van der Waals surface area contributed by atoms with Gasteiger partial charge in [-0.05, 0) is 12.0 Å². The molecular formula is C16H25NO2. The largest absolute Gasteiger partial charge is 0.273 e. The van der Waals surface area contributed by atoms with Gasteiger partial charge in [0.15, 0.2) is 0 Å². The average molecular weight is 263 g/mol. The van der Waals surface area contributed by atoms with Gasteiger partial charge in [0.1, 0.15) is 0 Å². The van der Waals surface area contributed by atoms with Gasteiger partial charge < -0.3 is 0 Å². The molecule has 1 rings (SSSR count). The molecule has 106 valence electrons. The van der Waals surface area contributed by atoms with Crippen LogP contribution in [0.1, 0.15) is 57.4 Å². The Morgan fingerprint density at radius 2 is 1.74 bits per heavy atom. The molecule has 0 aliphatic heterocycles. The first-order valence-corrected chi connectivity index (χ1v) is 7.27. The van der Waals surface area contributed by atoms with Gasteiger partial charge in [0.25, 0.3) is 0 Å². The van der Waals surface area contributed by atoms with E-state index in [-0.39, 0.29) is 5.91 Å². The van der Waals surface area contributed by atoms with Crippen molar-refractivity contribution in [2.24, 2.45) is 0 Å². The molecule has 0 saturated carbocycles. The summed E-state index contributed by atoms with van der Waals surface area (Å²) in [7, 11) is 0. The van der Waals surface area contributed by atoms with Crippen molar-refractivity contribution in [1.82, 2.24) is 5.48 Å². The molecule has 0 heterocycles. The number of benzene rings is 1. The second-order valence-corrected chi connectivity index (χ2v) is 4.82. The highest BCUT2D eigenvalue weighted by molar-refractivity contribution is 5.74. The number of amides is 1. The highest BCUT2D eigenvalue weighted by Gasteiger charge is 2.01. The molecule has 0 spiro atoms. The summed E-state index contributed by atoms with van der Waals surface area (Å²) in [6, 6.07) is 9.81. The molecule has 0 atom stereocenters. The van der Waals surface area contributed by atoms with Gasteiger partial charge in [-0.15, -0.1) is 0 Å². The molecule has 0 aliphatic carbocycles. The van der Waals surface area contributed by atoms with Crippen LogP contribution in [0.2, 0.25) is 0 Å². The molecular weight excluding hydrogens is 238 g/mol. The fourth-order valence-electron chi connectivity index (χ4n) is 1.89. The van der Waals surface area contributed by atoms with Crippen molar-refractivity contribution in [2.45, 2.75) is 58.5 Å². The van der Waals surface area contributed by atoms with Crippen molar-refractivity contribution < 1.29 is 9.63 Å². The molecule has 0 aliphatic rings. The predicted molar refractivity (Wildman–Crippen MR) is 77.4 cm³/mol. The molecule has 0 radical (unpaired) electrons. The first-order valence-electron chi connectivity index (χ1n) is 7.27. The first kappa shape index (κ1) is 15.7. The van der Waals surface area contributed by atoms with Crippen molar-refractivity contribution in [2.75, 3.05) is 0 Å². The van der Waals surface area contributed by atoms with E-state index in [0.29, 0.717) is 13.0 Å². The highest BCUT2D eigenvalue weighted by Crippen LogP contribution is 2.06. The number of hydroxylamine groups is 1. The summed E-state index contributed by atoms with van der Waals surface area (Å²) >= 11 is 0. The third kappa shape index (κ3) is 8.38. The smallest absolute Gasteiger partial charge is 0.243 e. The van der Waals surface area contributed by atoms with E-state index in [1.165, 1.54) is 25.7 Å². The lowest BCUT2D eigenvalue weighted by Gasteiger charge is -2.06. The number of nitrogens with one attached hydrogen (secondary N) is 1. The van der Waals surface area contributed by atoms with Crippen LogP contribution in [-0.4, -0.2) is 5.91 Å². The van der Waals surface area contributed by atoms with Crippen LogP contribution < -0.4 is 5.48 Å². The van der Waals surface area contributed by atoms with Crippen LogP contribution in [-0.2, 0) is 16.2 Å². The van der Waals surface area contributed by atoms with E-state index < -0.39 is 0 Å². The van der Waals surface area contributed by atoms with E-state index in [4.69, 9.17) is 4.84 Å². The summed E-state index contributed by atoms with van der Waals surface area (Å²) in [5, 5.41) is 0. The average Bonchev–Trinajstić information content (AvgIpc) is 2.44. The van der Waals surface area contributed by atoms with Gasteiger partial charge >= 0.3 is 0 Å². The van der Waals surface area contributed by atoms with E-state index in [1.54, 1.807) is 0 Å². The molecule has 0 unspecified atom stereocenters. The fourth-order valence-corrected chi connectivity index (χ4v) is 1.89. The Hall–Kier alpha value is -1.35. The quantitative estimate of drug-likeness (QED) is 0.512. The first-order chi connectivity index (χ1) is 9.33. The molecule has 1 amide bonds. The number of carbonyl (C=O) groups is 1. The molecule has 1 aromatic carbocycles. The zero-order valence-corrected chi connectivity index (χ0v) is 11.9. The summed E-state index contributed by atoms with van der Waals surface area (Å²) in [5.41, 5.74) is 3.55. The van der Waals surface area contributed by atoms with Crippen LogP contribution in [0.25, 0.3) is 0 Å². The third-order valence-corrected chi connectivity index (χ3v) is 3.03. The monoisotopic (exact) mass is 263 g/mol. The lowest BCUT2D eigenvalue weighted by atomic mass is 10.1. The van der Waals surface area contributed by atoms with Gasteiger partial charge in [-0.3, -0.25) is 9.63 Å². The normalized spacial score (nSPS) is 10.4. The van der Waals surface area contributed by atoms with E-state index in [2.05, 4.69) is 12.4 Å². The van der Waals surface area contributed by atoms with Crippen molar-refractivity contribution in [3.05, 3.63) is 35.9 Å². The minimum atomic E-state index is -0.0218. The van der Waals surface area contributed by atoms with Gasteiger partial charge in [-0.25, -0.2) is 5.48 Å². The van der Waals surface area contributed by atoms with Crippen LogP contribution in [0.3, 0.4) is 0 Å². The molecule has 19 heavy (non-hydrogen) atoms. The van der Waals surface area contributed by atoms with Gasteiger partial charge in [0.2, 0.25) is 5.91 Å². The Balaban J connectivity index is 1.96. The summed E-state index contributed by atoms with van der Waals surface area (Å²) in [6.07, 6.45) is 7.70. The maximum Gasteiger partial charge on any atom is 0.243 e. The minimum absolute atomic E-state index is 0.0218.